The Morgan fingerprint density at radius 2 is 1.56 bits per heavy atom. The van der Waals surface area contributed by atoms with E-state index in [0.29, 0.717) is 31.1 Å². The Morgan fingerprint density at radius 1 is 0.971 bits per heavy atom. The molecule has 2 aliphatic rings. The second-order valence-corrected chi connectivity index (χ2v) is 9.76. The second kappa shape index (κ2) is 11.4. The zero-order valence-electron chi connectivity index (χ0n) is 20.2. The van der Waals surface area contributed by atoms with Crippen LogP contribution in [0.3, 0.4) is 0 Å². The van der Waals surface area contributed by atoms with E-state index < -0.39 is 40.6 Å². The van der Waals surface area contributed by atoms with Gasteiger partial charge < -0.3 is 14.9 Å². The predicted octanol–water partition coefficient (Wildman–Crippen LogP) is 1.02. The average molecular weight is 480 g/mol. The van der Waals surface area contributed by atoms with Crippen molar-refractivity contribution in [2.24, 2.45) is 5.41 Å². The van der Waals surface area contributed by atoms with Gasteiger partial charge in [0.05, 0.1) is 12.0 Å². The predicted molar refractivity (Wildman–Crippen MR) is 118 cm³/mol. The van der Waals surface area contributed by atoms with E-state index in [1.807, 2.05) is 27.7 Å². The van der Waals surface area contributed by atoms with Gasteiger partial charge in [-0.15, -0.1) is 5.06 Å². The molecule has 2 aliphatic heterocycles. The van der Waals surface area contributed by atoms with Crippen LogP contribution < -0.4 is 5.32 Å². The van der Waals surface area contributed by atoms with Crippen molar-refractivity contribution in [1.82, 2.24) is 15.3 Å². The number of hydrogen-bond acceptors (Lipinski definition) is 8. The number of nitrogens with zero attached hydrogens (tertiary/aromatic N) is 2. The lowest BCUT2D eigenvalue weighted by Gasteiger charge is -2.29. The van der Waals surface area contributed by atoms with Crippen LogP contribution >= 0.6 is 0 Å². The largest absolute Gasteiger partial charge is 0.375 e. The van der Waals surface area contributed by atoms with Crippen LogP contribution in [0.2, 0.25) is 0 Å². The first kappa shape index (κ1) is 27.2. The molecule has 0 spiro atoms. The number of imide groups is 2. The Balaban J connectivity index is 1.63. The van der Waals surface area contributed by atoms with E-state index in [2.05, 4.69) is 5.32 Å². The molecule has 188 valence electrons. The maximum atomic E-state index is 12.2. The Hall–Kier alpha value is -3.08. The molecule has 1 N–H and O–H groups in total. The van der Waals surface area contributed by atoms with E-state index in [-0.39, 0.29) is 38.1 Å². The highest BCUT2D eigenvalue weighted by Crippen LogP contribution is 2.28. The van der Waals surface area contributed by atoms with Gasteiger partial charge in [-0.05, 0) is 32.1 Å². The summed E-state index contributed by atoms with van der Waals surface area (Å²) in [4.78, 5) is 76.2. The normalized spacial score (nSPS) is 16.6. The lowest BCUT2D eigenvalue weighted by Crippen LogP contribution is -2.37. The van der Waals surface area contributed by atoms with Crippen LogP contribution in [-0.2, 0) is 38.3 Å². The summed E-state index contributed by atoms with van der Waals surface area (Å²) in [5, 5.41) is 3.30. The SMILES string of the molecule is CC(C)(CCOC(C)(C)CCNC(=O)CCN1C(=O)C=CC1=O)CC(=O)ON1C(=O)CCC1=O. The smallest absolute Gasteiger partial charge is 0.333 e. The van der Waals surface area contributed by atoms with Crippen molar-refractivity contribution in [3.63, 3.8) is 0 Å². The third-order valence-electron chi connectivity index (χ3n) is 5.61. The second-order valence-electron chi connectivity index (χ2n) is 9.76. The van der Waals surface area contributed by atoms with Gasteiger partial charge in [0.15, 0.2) is 0 Å². The van der Waals surface area contributed by atoms with Crippen molar-refractivity contribution in [2.75, 3.05) is 19.7 Å². The van der Waals surface area contributed by atoms with Gasteiger partial charge in [0.1, 0.15) is 0 Å². The molecule has 11 heteroatoms. The number of hydroxylamine groups is 2. The lowest BCUT2D eigenvalue weighted by molar-refractivity contribution is -0.199. The molecule has 0 bridgehead atoms. The molecule has 0 aromatic rings. The number of carbonyl (C=O) groups is 6. The van der Waals surface area contributed by atoms with Crippen molar-refractivity contribution in [3.05, 3.63) is 12.2 Å². The molecule has 2 rings (SSSR count). The standard InChI is InChI=1S/C23H33N3O8/c1-22(2,15-21(32)34-26-19(30)7-8-20(26)31)11-14-33-23(3,4)10-12-24-16(27)9-13-25-17(28)5-6-18(25)29/h5-6H,7-15H2,1-4H3,(H,24,27). The fraction of sp³-hybridized carbons (Fsp3) is 0.652. The summed E-state index contributed by atoms with van der Waals surface area (Å²) >= 11 is 0. The van der Waals surface area contributed by atoms with E-state index in [1.165, 1.54) is 12.2 Å². The summed E-state index contributed by atoms with van der Waals surface area (Å²) < 4.78 is 5.94. The van der Waals surface area contributed by atoms with Gasteiger partial charge in [-0.3, -0.25) is 28.9 Å². The topological polar surface area (TPSA) is 139 Å². The Kier molecular flexibility index (Phi) is 9.08. The molecule has 0 aliphatic carbocycles. The van der Waals surface area contributed by atoms with E-state index in [4.69, 9.17) is 9.57 Å². The molecule has 0 aromatic carbocycles. The fourth-order valence-corrected chi connectivity index (χ4v) is 3.40. The van der Waals surface area contributed by atoms with Gasteiger partial charge in [0.25, 0.3) is 23.6 Å². The third kappa shape index (κ3) is 8.36. The van der Waals surface area contributed by atoms with E-state index >= 15 is 0 Å². The number of amides is 5. The maximum absolute atomic E-state index is 12.2. The fourth-order valence-electron chi connectivity index (χ4n) is 3.40. The van der Waals surface area contributed by atoms with Gasteiger partial charge in [0.2, 0.25) is 5.91 Å². The summed E-state index contributed by atoms with van der Waals surface area (Å²) in [6.45, 7) is 8.26. The van der Waals surface area contributed by atoms with Crippen LogP contribution in [0.5, 0.6) is 0 Å². The highest BCUT2D eigenvalue weighted by atomic mass is 16.7. The molecular weight excluding hydrogens is 446 g/mol. The molecule has 11 nitrogen and oxygen atoms in total. The van der Waals surface area contributed by atoms with Crippen LogP contribution in [0.4, 0.5) is 0 Å². The number of nitrogens with one attached hydrogen (secondary N) is 1. The number of rotatable bonds is 13. The minimum Gasteiger partial charge on any atom is -0.375 e. The molecule has 5 amide bonds. The third-order valence-corrected chi connectivity index (χ3v) is 5.61. The Morgan fingerprint density at radius 3 is 2.15 bits per heavy atom. The van der Waals surface area contributed by atoms with Gasteiger partial charge in [-0.25, -0.2) is 4.79 Å². The number of ether oxygens (including phenoxy) is 1. The first-order valence-electron chi connectivity index (χ1n) is 11.3. The van der Waals surface area contributed by atoms with Crippen LogP contribution in [0.25, 0.3) is 0 Å². The Bertz CT molecular complexity index is 843. The van der Waals surface area contributed by atoms with Crippen molar-refractivity contribution < 1.29 is 38.3 Å². The average Bonchev–Trinajstić information content (AvgIpc) is 3.20. The van der Waals surface area contributed by atoms with Crippen molar-refractivity contribution in [1.29, 1.82) is 0 Å². The van der Waals surface area contributed by atoms with E-state index in [9.17, 15) is 28.8 Å². The number of hydrogen-bond donors (Lipinski definition) is 1. The zero-order valence-corrected chi connectivity index (χ0v) is 20.2. The molecule has 2 heterocycles. The molecule has 1 fully saturated rings. The molecule has 0 unspecified atom stereocenters. The van der Waals surface area contributed by atoms with Crippen LogP contribution in [0, 0.1) is 5.41 Å². The lowest BCUT2D eigenvalue weighted by atomic mass is 9.86. The van der Waals surface area contributed by atoms with Crippen LogP contribution in [0.15, 0.2) is 12.2 Å². The van der Waals surface area contributed by atoms with Gasteiger partial charge >= 0.3 is 5.97 Å². The molecule has 0 saturated carbocycles. The summed E-state index contributed by atoms with van der Waals surface area (Å²) in [6.07, 6.45) is 3.57. The molecular formula is C23H33N3O8. The highest BCUT2D eigenvalue weighted by molar-refractivity contribution is 6.13. The summed E-state index contributed by atoms with van der Waals surface area (Å²) in [5.41, 5.74) is -1.02. The molecule has 0 aromatic heterocycles. The van der Waals surface area contributed by atoms with E-state index in [1.54, 1.807) is 0 Å². The molecule has 1 saturated heterocycles. The van der Waals surface area contributed by atoms with Crippen LogP contribution in [0.1, 0.15) is 66.2 Å². The number of carbonyl (C=O) groups excluding carboxylic acids is 6. The monoisotopic (exact) mass is 479 g/mol. The van der Waals surface area contributed by atoms with Gasteiger partial charge in [0, 0.05) is 51.1 Å². The minimum atomic E-state index is -0.649. The van der Waals surface area contributed by atoms with Crippen molar-refractivity contribution in [3.8, 4) is 0 Å². The first-order chi connectivity index (χ1) is 15.8. The highest BCUT2D eigenvalue weighted by Gasteiger charge is 2.34. The molecule has 34 heavy (non-hydrogen) atoms. The quantitative estimate of drug-likeness (QED) is 0.386. The minimum absolute atomic E-state index is 0.0153. The van der Waals surface area contributed by atoms with Crippen molar-refractivity contribution in [2.45, 2.75) is 71.8 Å². The first-order valence-corrected chi connectivity index (χ1v) is 11.3. The maximum Gasteiger partial charge on any atom is 0.333 e. The summed E-state index contributed by atoms with van der Waals surface area (Å²) in [7, 11) is 0. The molecule has 0 atom stereocenters. The van der Waals surface area contributed by atoms with Crippen LogP contribution in [-0.4, -0.2) is 70.8 Å². The zero-order chi connectivity index (χ0) is 25.5. The van der Waals surface area contributed by atoms with Gasteiger partial charge in [-0.2, -0.15) is 0 Å². The van der Waals surface area contributed by atoms with Gasteiger partial charge in [-0.1, -0.05) is 13.8 Å². The summed E-state index contributed by atoms with van der Waals surface area (Å²) in [5.74, 6) is -2.77. The van der Waals surface area contributed by atoms with E-state index in [0.717, 1.165) is 4.90 Å². The molecule has 0 radical (unpaired) electrons. The summed E-state index contributed by atoms with van der Waals surface area (Å²) in [6, 6.07) is 0. The Labute approximate surface area is 198 Å². The van der Waals surface area contributed by atoms with Crippen molar-refractivity contribution >= 4 is 35.5 Å².